The molecule has 1 N–H and O–H groups in total. The molecule has 43 heavy (non-hydrogen) atoms. The fourth-order valence-electron chi connectivity index (χ4n) is 6.86. The van der Waals surface area contributed by atoms with Crippen LogP contribution in [0.1, 0.15) is 50.0 Å². The Bertz CT molecular complexity index is 1740. The lowest BCUT2D eigenvalue weighted by Crippen LogP contribution is -2.41. The summed E-state index contributed by atoms with van der Waals surface area (Å²) in [6.45, 7) is 1.32. The number of hydrogen-bond donors (Lipinski definition) is 1. The van der Waals surface area contributed by atoms with Gasteiger partial charge in [0.2, 0.25) is 11.8 Å². The molecule has 4 aromatic rings. The first-order chi connectivity index (χ1) is 20.7. The quantitative estimate of drug-likeness (QED) is 0.193. The number of halogens is 2. The Kier molecular flexibility index (Phi) is 6.71. The van der Waals surface area contributed by atoms with E-state index >= 15 is 0 Å². The van der Waals surface area contributed by atoms with E-state index in [1.54, 1.807) is 24.3 Å². The van der Waals surface area contributed by atoms with Crippen LogP contribution in [-0.2, 0) is 19.1 Å². The van der Waals surface area contributed by atoms with Crippen molar-refractivity contribution in [3.63, 3.8) is 0 Å². The Balaban J connectivity index is 1.08. The minimum Gasteiger partial charge on any atom is -0.452 e. The molecule has 8 rings (SSSR count). The smallest absolute Gasteiger partial charge is 0.338 e. The van der Waals surface area contributed by atoms with E-state index in [-0.39, 0.29) is 29.2 Å². The zero-order chi connectivity index (χ0) is 30.0. The van der Waals surface area contributed by atoms with Crippen LogP contribution in [0, 0.1) is 18.8 Å². The van der Waals surface area contributed by atoms with Crippen molar-refractivity contribution in [3.05, 3.63) is 128 Å². The van der Waals surface area contributed by atoms with Crippen molar-refractivity contribution in [1.82, 2.24) is 0 Å². The molecule has 0 saturated carbocycles. The van der Waals surface area contributed by atoms with Gasteiger partial charge in [0.25, 0.3) is 5.91 Å². The lowest BCUT2D eigenvalue weighted by molar-refractivity contribution is -0.122. The molecule has 1 heterocycles. The first kappa shape index (κ1) is 27.6. The Labute approximate surface area is 260 Å². The van der Waals surface area contributed by atoms with Gasteiger partial charge in [-0.1, -0.05) is 60.1 Å². The number of carbonyl (C=O) groups excluding carboxylic acids is 4. The maximum atomic E-state index is 13.9. The average molecular weight is 656 g/mol. The monoisotopic (exact) mass is 654 g/mol. The van der Waals surface area contributed by atoms with Crippen molar-refractivity contribution in [2.24, 2.45) is 11.8 Å². The van der Waals surface area contributed by atoms with Gasteiger partial charge < -0.3 is 10.1 Å². The lowest BCUT2D eigenvalue weighted by Gasteiger charge is -2.45. The molecule has 9 heteroatoms. The van der Waals surface area contributed by atoms with Crippen LogP contribution in [0.3, 0.4) is 0 Å². The van der Waals surface area contributed by atoms with Crippen molar-refractivity contribution in [2.75, 3.05) is 16.8 Å². The van der Waals surface area contributed by atoms with E-state index in [9.17, 15) is 19.2 Å². The fourth-order valence-corrected chi connectivity index (χ4v) is 7.48. The molecule has 3 amide bonds. The number of nitrogens with one attached hydrogen (secondary N) is 1. The Morgan fingerprint density at radius 3 is 1.86 bits per heavy atom. The topological polar surface area (TPSA) is 92.8 Å². The van der Waals surface area contributed by atoms with Gasteiger partial charge in [-0.3, -0.25) is 14.4 Å². The fraction of sp³-hybridized carbons (Fsp3) is 0.176. The summed E-state index contributed by atoms with van der Waals surface area (Å²) < 4.78 is 5.91. The van der Waals surface area contributed by atoms with Gasteiger partial charge in [-0.25, -0.2) is 9.69 Å². The molecule has 0 unspecified atom stereocenters. The Hall–Kier alpha value is -4.27. The first-order valence-corrected chi connectivity index (χ1v) is 15.0. The lowest BCUT2D eigenvalue weighted by atomic mass is 9.55. The molecule has 0 spiro atoms. The summed E-state index contributed by atoms with van der Waals surface area (Å²) in [7, 11) is 0. The van der Waals surface area contributed by atoms with Crippen molar-refractivity contribution >= 4 is 62.6 Å². The standard InChI is InChI=1S/C34H24BrClN2O5/c1-17-14-24(35)25(36)15-26(17)37-27(39)16-43-34(42)18-10-12-19(13-11-18)38-32(40)30-28-20-6-2-3-7-21(20)29(31(30)33(38)41)23-9-5-4-8-22(23)28/h2-15,28-31H,16H2,1H3,(H,37,39)/t28?,29?,30-,31-/m1/s1. The number of amides is 3. The molecule has 7 nitrogen and oxygen atoms in total. The minimum absolute atomic E-state index is 0.191. The van der Waals surface area contributed by atoms with E-state index < -0.39 is 30.3 Å². The van der Waals surface area contributed by atoms with Crippen LogP contribution in [-0.4, -0.2) is 30.3 Å². The predicted molar refractivity (Wildman–Crippen MR) is 165 cm³/mol. The van der Waals surface area contributed by atoms with Crippen LogP contribution in [0.15, 0.2) is 89.4 Å². The molecular formula is C34H24BrClN2O5. The number of nitrogens with zero attached hydrogens (tertiary/aromatic N) is 1. The van der Waals surface area contributed by atoms with Gasteiger partial charge in [-0.2, -0.15) is 0 Å². The number of aryl methyl sites for hydroxylation is 1. The SMILES string of the molecule is Cc1cc(Br)c(Cl)cc1NC(=O)COC(=O)c1ccc(N2C(=O)[C@@H]3C4c5ccccc5C(c5ccccc54)[C@H]3C2=O)cc1. The third-order valence-electron chi connectivity index (χ3n) is 8.69. The van der Waals surface area contributed by atoms with E-state index in [0.717, 1.165) is 27.8 Å². The largest absolute Gasteiger partial charge is 0.452 e. The number of imide groups is 1. The Morgan fingerprint density at radius 2 is 1.35 bits per heavy atom. The highest BCUT2D eigenvalue weighted by atomic mass is 79.9. The number of hydrogen-bond acceptors (Lipinski definition) is 5. The molecule has 4 aliphatic rings. The number of benzene rings is 4. The van der Waals surface area contributed by atoms with Gasteiger partial charge in [0.1, 0.15) is 0 Å². The van der Waals surface area contributed by atoms with E-state index in [0.29, 0.717) is 20.9 Å². The predicted octanol–water partition coefficient (Wildman–Crippen LogP) is 6.60. The van der Waals surface area contributed by atoms with Crippen molar-refractivity contribution in [2.45, 2.75) is 18.8 Å². The van der Waals surface area contributed by atoms with Crippen LogP contribution in [0.25, 0.3) is 0 Å². The van der Waals surface area contributed by atoms with Crippen molar-refractivity contribution in [3.8, 4) is 0 Å². The molecule has 2 bridgehead atoms. The molecular weight excluding hydrogens is 632 g/mol. The number of carbonyl (C=O) groups is 4. The molecule has 2 atom stereocenters. The molecule has 1 aliphatic heterocycles. The van der Waals surface area contributed by atoms with Crippen LogP contribution in [0.4, 0.5) is 11.4 Å². The molecule has 4 aromatic carbocycles. The third-order valence-corrected chi connectivity index (χ3v) is 9.88. The molecule has 3 aliphatic carbocycles. The third kappa shape index (κ3) is 4.39. The molecule has 0 aromatic heterocycles. The summed E-state index contributed by atoms with van der Waals surface area (Å²) in [6.07, 6.45) is 0. The average Bonchev–Trinajstić information content (AvgIpc) is 3.28. The maximum absolute atomic E-state index is 13.9. The molecule has 1 fully saturated rings. The second-order valence-corrected chi connectivity index (χ2v) is 12.3. The molecule has 0 radical (unpaired) electrons. The highest BCUT2D eigenvalue weighted by Crippen LogP contribution is 2.61. The first-order valence-electron chi connectivity index (χ1n) is 13.8. The highest BCUT2D eigenvalue weighted by molar-refractivity contribution is 9.10. The number of ether oxygens (including phenoxy) is 1. The minimum atomic E-state index is -0.705. The summed E-state index contributed by atoms with van der Waals surface area (Å²) in [6, 6.07) is 25.7. The van der Waals surface area contributed by atoms with Gasteiger partial charge in [0, 0.05) is 22.0 Å². The zero-order valence-corrected chi connectivity index (χ0v) is 25.2. The normalized spacial score (nSPS) is 21.2. The van der Waals surface area contributed by atoms with E-state index in [2.05, 4.69) is 45.5 Å². The highest BCUT2D eigenvalue weighted by Gasteiger charge is 2.61. The maximum Gasteiger partial charge on any atom is 0.338 e. The second-order valence-electron chi connectivity index (χ2n) is 11.0. The summed E-state index contributed by atoms with van der Waals surface area (Å²) in [5.74, 6) is -3.05. The number of rotatable bonds is 5. The summed E-state index contributed by atoms with van der Waals surface area (Å²) in [4.78, 5) is 54.2. The van der Waals surface area contributed by atoms with Crippen LogP contribution in [0.5, 0.6) is 0 Å². The summed E-state index contributed by atoms with van der Waals surface area (Å²) in [5, 5.41) is 3.13. The number of esters is 1. The summed E-state index contributed by atoms with van der Waals surface area (Å²) in [5.41, 5.74) is 6.32. The van der Waals surface area contributed by atoms with Gasteiger partial charge in [0.05, 0.1) is 28.1 Å². The zero-order valence-electron chi connectivity index (χ0n) is 22.8. The van der Waals surface area contributed by atoms with E-state index in [1.807, 2.05) is 31.2 Å². The Morgan fingerprint density at radius 1 is 0.837 bits per heavy atom. The van der Waals surface area contributed by atoms with Gasteiger partial charge >= 0.3 is 5.97 Å². The van der Waals surface area contributed by atoms with Gasteiger partial charge in [-0.15, -0.1) is 0 Å². The van der Waals surface area contributed by atoms with Crippen molar-refractivity contribution in [1.29, 1.82) is 0 Å². The number of anilines is 2. The van der Waals surface area contributed by atoms with Crippen molar-refractivity contribution < 1.29 is 23.9 Å². The van der Waals surface area contributed by atoms with E-state index in [4.69, 9.17) is 16.3 Å². The summed E-state index contributed by atoms with van der Waals surface area (Å²) >= 11 is 9.46. The van der Waals surface area contributed by atoms with E-state index in [1.165, 1.54) is 17.0 Å². The molecule has 1 saturated heterocycles. The van der Waals surface area contributed by atoms with Crippen LogP contribution >= 0.6 is 27.5 Å². The molecule has 214 valence electrons. The van der Waals surface area contributed by atoms with Crippen LogP contribution < -0.4 is 10.2 Å². The second kappa shape index (κ2) is 10.5. The van der Waals surface area contributed by atoms with Gasteiger partial charge in [0.15, 0.2) is 6.61 Å². The van der Waals surface area contributed by atoms with Gasteiger partial charge in [-0.05, 0) is 87.1 Å². The van der Waals surface area contributed by atoms with Crippen LogP contribution in [0.2, 0.25) is 5.02 Å².